The van der Waals surface area contributed by atoms with Crippen LogP contribution in [0.3, 0.4) is 0 Å². The van der Waals surface area contributed by atoms with Crippen molar-refractivity contribution in [1.29, 1.82) is 0 Å². The molecule has 0 aliphatic rings. The zero-order chi connectivity index (χ0) is 9.61. The van der Waals surface area contributed by atoms with Crippen LogP contribution in [0.2, 0.25) is 0 Å². The van der Waals surface area contributed by atoms with Crippen molar-refractivity contribution in [3.8, 4) is 0 Å². The third kappa shape index (κ3) is 3.88. The summed E-state index contributed by atoms with van der Waals surface area (Å²) < 4.78 is 9.89. The Morgan fingerprint density at radius 1 is 1.33 bits per heavy atom. The van der Waals surface area contributed by atoms with E-state index in [1.54, 1.807) is 13.8 Å². The van der Waals surface area contributed by atoms with Gasteiger partial charge in [-0.3, -0.25) is 9.59 Å². The number of carbonyl (C=O) groups is 2. The highest BCUT2D eigenvalue weighted by Gasteiger charge is 2.18. The predicted octanol–water partition coefficient (Wildman–Crippen LogP) is 0.667. The number of methoxy groups -OCH3 is 1. The van der Waals surface area contributed by atoms with Crippen LogP contribution in [0.4, 0.5) is 0 Å². The van der Waals surface area contributed by atoms with E-state index in [2.05, 4.69) is 0 Å². The van der Waals surface area contributed by atoms with Gasteiger partial charge < -0.3 is 9.47 Å². The number of rotatable bonds is 5. The summed E-state index contributed by atoms with van der Waals surface area (Å²) in [5.41, 5.74) is 0. The van der Waals surface area contributed by atoms with Crippen molar-refractivity contribution < 1.29 is 19.1 Å². The molecule has 12 heavy (non-hydrogen) atoms. The van der Waals surface area contributed by atoms with E-state index in [1.165, 1.54) is 7.11 Å². The van der Waals surface area contributed by atoms with Crippen molar-refractivity contribution >= 4 is 12.6 Å². The summed E-state index contributed by atoms with van der Waals surface area (Å²) in [5, 5.41) is 0. The Morgan fingerprint density at radius 3 is 2.25 bits per heavy atom. The molecule has 0 saturated heterocycles. The van der Waals surface area contributed by atoms with E-state index in [1.807, 2.05) is 0 Å². The van der Waals surface area contributed by atoms with Crippen LogP contribution in [0.25, 0.3) is 0 Å². The number of hydrogen-bond acceptors (Lipinski definition) is 4. The SMILES string of the molecule is COC(C)(C)O/C(C=O)=C\C=O. The molecule has 0 aromatic heterocycles. The molecule has 0 rings (SSSR count). The number of aldehydes is 2. The lowest BCUT2D eigenvalue weighted by molar-refractivity contribution is -0.173. The van der Waals surface area contributed by atoms with Crippen molar-refractivity contribution in [3.05, 3.63) is 11.8 Å². The second kappa shape index (κ2) is 4.66. The maximum absolute atomic E-state index is 10.3. The molecule has 0 unspecified atom stereocenters. The van der Waals surface area contributed by atoms with Crippen LogP contribution in [0.15, 0.2) is 11.8 Å². The van der Waals surface area contributed by atoms with Crippen LogP contribution in [0, 0.1) is 0 Å². The van der Waals surface area contributed by atoms with E-state index in [9.17, 15) is 9.59 Å². The lowest BCUT2D eigenvalue weighted by Crippen LogP contribution is -2.26. The van der Waals surface area contributed by atoms with Crippen LogP contribution in [-0.2, 0) is 19.1 Å². The molecule has 0 amide bonds. The molecule has 0 radical (unpaired) electrons. The molecule has 0 spiro atoms. The van der Waals surface area contributed by atoms with Gasteiger partial charge in [0, 0.05) is 27.0 Å². The smallest absolute Gasteiger partial charge is 0.204 e. The van der Waals surface area contributed by atoms with E-state index >= 15 is 0 Å². The molecule has 0 aromatic rings. The molecule has 0 atom stereocenters. The average molecular weight is 172 g/mol. The second-order valence-corrected chi connectivity index (χ2v) is 2.53. The number of ether oxygens (including phenoxy) is 2. The molecule has 4 nitrogen and oxygen atoms in total. The molecule has 0 aliphatic heterocycles. The maximum atomic E-state index is 10.3. The molecule has 0 saturated carbocycles. The van der Waals surface area contributed by atoms with Crippen LogP contribution in [-0.4, -0.2) is 25.5 Å². The van der Waals surface area contributed by atoms with Gasteiger partial charge in [0.15, 0.2) is 12.0 Å². The van der Waals surface area contributed by atoms with Gasteiger partial charge in [-0.05, 0) is 0 Å². The van der Waals surface area contributed by atoms with Crippen LogP contribution in [0.5, 0.6) is 0 Å². The zero-order valence-corrected chi connectivity index (χ0v) is 7.37. The Bertz CT molecular complexity index is 193. The predicted molar refractivity (Wildman–Crippen MR) is 42.4 cm³/mol. The lowest BCUT2D eigenvalue weighted by Gasteiger charge is -2.23. The van der Waals surface area contributed by atoms with E-state index in [0.29, 0.717) is 12.6 Å². The maximum Gasteiger partial charge on any atom is 0.204 e. The van der Waals surface area contributed by atoms with Crippen LogP contribution >= 0.6 is 0 Å². The molecule has 0 fully saturated rings. The Kier molecular flexibility index (Phi) is 4.21. The first-order chi connectivity index (χ1) is 5.55. The average Bonchev–Trinajstić information content (AvgIpc) is 2.03. The second-order valence-electron chi connectivity index (χ2n) is 2.53. The highest BCUT2D eigenvalue weighted by molar-refractivity contribution is 5.79. The highest BCUT2D eigenvalue weighted by atomic mass is 16.7. The summed E-state index contributed by atoms with van der Waals surface area (Å²) in [6, 6.07) is 0. The Hall–Kier alpha value is -1.16. The third-order valence-corrected chi connectivity index (χ3v) is 1.20. The first-order valence-electron chi connectivity index (χ1n) is 3.40. The molecule has 4 heteroatoms. The molecule has 68 valence electrons. The fourth-order valence-electron chi connectivity index (χ4n) is 0.490. The Morgan fingerprint density at radius 2 is 1.92 bits per heavy atom. The van der Waals surface area contributed by atoms with Crippen molar-refractivity contribution in [2.45, 2.75) is 19.6 Å². The van der Waals surface area contributed by atoms with E-state index in [-0.39, 0.29) is 5.76 Å². The molecule has 0 bridgehead atoms. The Labute approximate surface area is 71.2 Å². The van der Waals surface area contributed by atoms with Crippen LogP contribution in [0.1, 0.15) is 13.8 Å². The van der Waals surface area contributed by atoms with E-state index < -0.39 is 5.79 Å². The fraction of sp³-hybridized carbons (Fsp3) is 0.500. The van der Waals surface area contributed by atoms with Gasteiger partial charge in [-0.25, -0.2) is 0 Å². The summed E-state index contributed by atoms with van der Waals surface area (Å²) in [6.07, 6.45) is 1.97. The minimum Gasteiger partial charge on any atom is -0.459 e. The molecule has 0 aromatic carbocycles. The summed E-state index contributed by atoms with van der Waals surface area (Å²) in [7, 11) is 1.45. The molecule has 0 aliphatic carbocycles. The lowest BCUT2D eigenvalue weighted by atomic mass is 10.3. The normalized spacial score (nSPS) is 12.4. The first-order valence-corrected chi connectivity index (χ1v) is 3.40. The van der Waals surface area contributed by atoms with Gasteiger partial charge in [0.25, 0.3) is 0 Å². The zero-order valence-electron chi connectivity index (χ0n) is 7.37. The van der Waals surface area contributed by atoms with Gasteiger partial charge >= 0.3 is 0 Å². The minimum absolute atomic E-state index is 0.0446. The quantitative estimate of drug-likeness (QED) is 0.264. The van der Waals surface area contributed by atoms with Gasteiger partial charge in [-0.1, -0.05) is 0 Å². The van der Waals surface area contributed by atoms with Crippen molar-refractivity contribution in [3.63, 3.8) is 0 Å². The highest BCUT2D eigenvalue weighted by Crippen LogP contribution is 2.13. The molecule has 0 N–H and O–H groups in total. The molecular weight excluding hydrogens is 160 g/mol. The van der Waals surface area contributed by atoms with Gasteiger partial charge in [0.2, 0.25) is 5.79 Å². The topological polar surface area (TPSA) is 52.6 Å². The minimum atomic E-state index is -0.893. The van der Waals surface area contributed by atoms with Gasteiger partial charge in [-0.15, -0.1) is 0 Å². The Balaban J connectivity index is 4.30. The molecular formula is C8H12O4. The van der Waals surface area contributed by atoms with Gasteiger partial charge in [0.05, 0.1) is 0 Å². The van der Waals surface area contributed by atoms with E-state index in [0.717, 1.165) is 6.08 Å². The third-order valence-electron chi connectivity index (χ3n) is 1.20. The number of allylic oxidation sites excluding steroid dienone is 2. The first kappa shape index (κ1) is 10.8. The van der Waals surface area contributed by atoms with Crippen molar-refractivity contribution in [1.82, 2.24) is 0 Å². The number of carbonyl (C=O) groups excluding carboxylic acids is 2. The van der Waals surface area contributed by atoms with Crippen molar-refractivity contribution in [2.75, 3.05) is 7.11 Å². The van der Waals surface area contributed by atoms with Gasteiger partial charge in [0.1, 0.15) is 6.29 Å². The monoisotopic (exact) mass is 172 g/mol. The largest absolute Gasteiger partial charge is 0.459 e. The summed E-state index contributed by atoms with van der Waals surface area (Å²) in [6.45, 7) is 3.27. The molecule has 0 heterocycles. The fourth-order valence-corrected chi connectivity index (χ4v) is 0.490. The van der Waals surface area contributed by atoms with Gasteiger partial charge in [-0.2, -0.15) is 0 Å². The van der Waals surface area contributed by atoms with Crippen LogP contribution < -0.4 is 0 Å². The number of hydrogen-bond donors (Lipinski definition) is 0. The van der Waals surface area contributed by atoms with E-state index in [4.69, 9.17) is 9.47 Å². The standard InChI is InChI=1S/C8H12O4/c1-8(2,11-3)12-7(6-10)4-5-9/h4-6H,1-3H3/b7-4-. The summed E-state index contributed by atoms with van der Waals surface area (Å²) >= 11 is 0. The van der Waals surface area contributed by atoms with Crippen molar-refractivity contribution in [2.24, 2.45) is 0 Å². The summed E-state index contributed by atoms with van der Waals surface area (Å²) in [5.74, 6) is -0.938. The summed E-state index contributed by atoms with van der Waals surface area (Å²) in [4.78, 5) is 20.3.